The maximum absolute atomic E-state index is 13.9. The van der Waals surface area contributed by atoms with Crippen molar-refractivity contribution in [3.05, 3.63) is 94.3 Å². The zero-order valence-corrected chi connectivity index (χ0v) is 28.2. The number of phenolic OH excluding ortho intramolecular Hbond substituents is 1. The number of H-pyrrole nitrogens is 1. The number of anilines is 1. The predicted octanol–water partition coefficient (Wildman–Crippen LogP) is 10.1. The Labute approximate surface area is 281 Å². The summed E-state index contributed by atoms with van der Waals surface area (Å²) in [5.74, 6) is -3.88. The Balaban J connectivity index is 0.000000287. The minimum Gasteiger partial charge on any atom is -0.508 e. The lowest BCUT2D eigenvalue weighted by molar-refractivity contribution is -0.265. The molecule has 0 fully saturated rings. The predicted molar refractivity (Wildman–Crippen MR) is 181 cm³/mol. The first-order valence-corrected chi connectivity index (χ1v) is 16.6. The van der Waals surface area contributed by atoms with Gasteiger partial charge in [-0.25, -0.2) is 9.18 Å². The molecule has 256 valence electrons. The number of aromatic nitrogens is 1. The van der Waals surface area contributed by atoms with E-state index in [1.807, 2.05) is 0 Å². The number of phenols is 1. The van der Waals surface area contributed by atoms with Crippen LogP contribution in [0.25, 0.3) is 10.9 Å². The number of carboxylic acid groups (broad SMARTS) is 1. The Hall–Kier alpha value is -3.57. The Morgan fingerprint density at radius 1 is 0.894 bits per heavy atom. The van der Waals surface area contributed by atoms with Crippen molar-refractivity contribution in [3.8, 4) is 5.75 Å². The van der Waals surface area contributed by atoms with E-state index in [2.05, 4.69) is 57.4 Å². The second-order valence-electron chi connectivity index (χ2n) is 12.0. The molecule has 0 saturated carbocycles. The van der Waals surface area contributed by atoms with Gasteiger partial charge in [0.1, 0.15) is 11.6 Å². The van der Waals surface area contributed by atoms with Crippen LogP contribution in [0, 0.1) is 5.82 Å². The summed E-state index contributed by atoms with van der Waals surface area (Å²) in [6, 6.07) is 19.2. The Morgan fingerprint density at radius 2 is 1.55 bits per heavy atom. The highest BCUT2D eigenvalue weighted by molar-refractivity contribution is 9.10. The van der Waals surface area contributed by atoms with Gasteiger partial charge in [-0.2, -0.15) is 13.2 Å². The van der Waals surface area contributed by atoms with Crippen molar-refractivity contribution < 1.29 is 37.7 Å². The number of alkyl halides is 3. The van der Waals surface area contributed by atoms with Crippen molar-refractivity contribution >= 4 is 38.5 Å². The molecule has 0 aliphatic carbocycles. The van der Waals surface area contributed by atoms with E-state index < -0.39 is 41.1 Å². The topological polar surface area (TPSA) is 106 Å². The van der Waals surface area contributed by atoms with Gasteiger partial charge in [-0.05, 0) is 67.3 Å². The first-order valence-electron chi connectivity index (χ1n) is 15.8. The van der Waals surface area contributed by atoms with E-state index in [0.29, 0.717) is 10.9 Å². The van der Waals surface area contributed by atoms with Gasteiger partial charge in [0.2, 0.25) is 0 Å². The molecule has 47 heavy (non-hydrogen) atoms. The number of benzene rings is 3. The monoisotopic (exact) mass is 722 g/mol. The molecule has 4 aromatic rings. The minimum atomic E-state index is -5.52. The van der Waals surface area contributed by atoms with Gasteiger partial charge in [0, 0.05) is 45.3 Å². The Bertz CT molecular complexity index is 1560. The molecule has 2 unspecified atom stereocenters. The highest BCUT2D eigenvalue weighted by Crippen LogP contribution is 2.47. The van der Waals surface area contributed by atoms with Crippen molar-refractivity contribution in [1.82, 2.24) is 4.98 Å². The lowest BCUT2D eigenvalue weighted by atomic mass is 9.70. The van der Waals surface area contributed by atoms with Gasteiger partial charge in [0.25, 0.3) is 5.60 Å². The maximum atomic E-state index is 13.9. The number of aliphatic hydroxyl groups is 1. The highest BCUT2D eigenvalue weighted by Gasteiger charge is 2.63. The molecule has 0 saturated heterocycles. The number of fused-ring (bicyclic) bond motifs is 1. The van der Waals surface area contributed by atoms with Crippen molar-refractivity contribution in [3.63, 3.8) is 0 Å². The number of carbonyl (C=O) groups is 1. The number of carboxylic acids is 1. The number of hydrogen-bond donors (Lipinski definition) is 5. The second-order valence-corrected chi connectivity index (χ2v) is 12.9. The van der Waals surface area contributed by atoms with E-state index in [9.17, 15) is 37.7 Å². The summed E-state index contributed by atoms with van der Waals surface area (Å²) >= 11 is 3.49. The zero-order valence-electron chi connectivity index (χ0n) is 26.6. The van der Waals surface area contributed by atoms with Gasteiger partial charge in [-0.3, -0.25) is 0 Å². The van der Waals surface area contributed by atoms with Crippen LogP contribution in [-0.4, -0.2) is 44.6 Å². The molecule has 0 bridgehead atoms. The van der Waals surface area contributed by atoms with Crippen LogP contribution in [0.2, 0.25) is 0 Å². The van der Waals surface area contributed by atoms with Crippen LogP contribution in [0.5, 0.6) is 5.75 Å². The molecule has 4 rings (SSSR count). The molecular weight excluding hydrogens is 680 g/mol. The molecule has 0 radical (unpaired) electrons. The number of rotatable bonds is 15. The second kappa shape index (κ2) is 17.0. The maximum Gasteiger partial charge on any atom is 0.428 e. The quantitative estimate of drug-likeness (QED) is 0.0621. The molecular formula is C36H43BrF4N2O4. The number of aliphatic carboxylic acids is 1. The van der Waals surface area contributed by atoms with E-state index >= 15 is 0 Å². The van der Waals surface area contributed by atoms with Crippen LogP contribution >= 0.6 is 15.9 Å². The fourth-order valence-electron chi connectivity index (χ4n) is 5.56. The van der Waals surface area contributed by atoms with Crippen LogP contribution in [0.15, 0.2) is 77.3 Å². The van der Waals surface area contributed by atoms with Crippen LogP contribution in [0.4, 0.5) is 23.2 Å². The SMILES string of the molecule is CC(CC(O)(C(=O)O)C(F)(F)F)(c1cc2ccccc2[nH]1)c1cc(F)ccc1O.CCCCCCCCCCNc1cccc(Br)c1. The van der Waals surface area contributed by atoms with Gasteiger partial charge >= 0.3 is 12.1 Å². The van der Waals surface area contributed by atoms with Crippen molar-refractivity contribution in [2.24, 2.45) is 0 Å². The summed E-state index contributed by atoms with van der Waals surface area (Å²) in [6.07, 6.45) is 4.12. The van der Waals surface area contributed by atoms with E-state index in [0.717, 1.165) is 29.2 Å². The number of halogens is 5. The van der Waals surface area contributed by atoms with Crippen LogP contribution in [-0.2, 0) is 10.2 Å². The molecule has 11 heteroatoms. The number of para-hydroxylation sites is 1. The molecule has 6 nitrogen and oxygen atoms in total. The third-order valence-electron chi connectivity index (χ3n) is 8.29. The largest absolute Gasteiger partial charge is 0.508 e. The van der Waals surface area contributed by atoms with Crippen molar-refractivity contribution in [1.29, 1.82) is 0 Å². The molecule has 0 aliphatic rings. The third-order valence-corrected chi connectivity index (χ3v) is 8.79. The van der Waals surface area contributed by atoms with E-state index in [4.69, 9.17) is 0 Å². The number of aromatic amines is 1. The van der Waals surface area contributed by atoms with Gasteiger partial charge < -0.3 is 25.6 Å². The third kappa shape index (κ3) is 10.2. The zero-order chi connectivity index (χ0) is 34.7. The fourth-order valence-corrected chi connectivity index (χ4v) is 5.95. The first kappa shape index (κ1) is 37.9. The fraction of sp³-hybridized carbons (Fsp3) is 0.417. The summed E-state index contributed by atoms with van der Waals surface area (Å²) in [4.78, 5) is 14.3. The number of nitrogens with one attached hydrogen (secondary N) is 2. The summed E-state index contributed by atoms with van der Waals surface area (Å²) in [5, 5.41) is 33.6. The normalized spacial score (nSPS) is 14.1. The van der Waals surface area contributed by atoms with Gasteiger partial charge in [-0.1, -0.05) is 92.1 Å². The Kier molecular flexibility index (Phi) is 13.7. The van der Waals surface area contributed by atoms with E-state index in [-0.39, 0.29) is 11.3 Å². The van der Waals surface area contributed by atoms with Gasteiger partial charge in [0.05, 0.1) is 0 Å². The number of hydrogen-bond acceptors (Lipinski definition) is 4. The lowest BCUT2D eigenvalue weighted by Crippen LogP contribution is -2.55. The molecule has 0 amide bonds. The van der Waals surface area contributed by atoms with Gasteiger partial charge in [-0.15, -0.1) is 0 Å². The standard InChI is InChI=1S/C20H17F4NO4.C16H26BrN/c1-18(13-9-12(21)6-7-15(13)26,10-19(29,17(27)28)20(22,23)24)16-8-11-4-2-3-5-14(11)25-16;1-2-3-4-5-6-7-8-9-13-18-16-12-10-11-15(17)14-16/h2-9,25-26,29H,10H2,1H3,(H,27,28);10-12,14,18H,2-9,13H2,1H3. The van der Waals surface area contributed by atoms with Gasteiger partial charge in [0.15, 0.2) is 0 Å². The smallest absolute Gasteiger partial charge is 0.428 e. The van der Waals surface area contributed by atoms with Crippen LogP contribution in [0.3, 0.4) is 0 Å². The highest BCUT2D eigenvalue weighted by atomic mass is 79.9. The molecule has 0 spiro atoms. The average molecular weight is 724 g/mol. The lowest BCUT2D eigenvalue weighted by Gasteiger charge is -2.37. The summed E-state index contributed by atoms with van der Waals surface area (Å²) in [5.41, 5.74) is -4.55. The van der Waals surface area contributed by atoms with E-state index in [1.54, 1.807) is 24.3 Å². The molecule has 2 atom stereocenters. The van der Waals surface area contributed by atoms with Crippen LogP contribution < -0.4 is 5.32 Å². The molecule has 5 N–H and O–H groups in total. The molecule has 1 heterocycles. The number of aromatic hydroxyl groups is 1. The Morgan fingerprint density at radius 3 is 2.17 bits per heavy atom. The summed E-state index contributed by atoms with van der Waals surface area (Å²) < 4.78 is 55.6. The minimum absolute atomic E-state index is 0.0727. The summed E-state index contributed by atoms with van der Waals surface area (Å²) in [6.45, 7) is 4.56. The van der Waals surface area contributed by atoms with E-state index in [1.165, 1.54) is 70.0 Å². The number of unbranched alkanes of at least 4 members (excludes halogenated alkanes) is 7. The van der Waals surface area contributed by atoms with Crippen LogP contribution in [0.1, 0.15) is 82.9 Å². The van der Waals surface area contributed by atoms with Crippen molar-refractivity contribution in [2.75, 3.05) is 11.9 Å². The van der Waals surface area contributed by atoms with Crippen molar-refractivity contribution in [2.45, 2.75) is 88.8 Å². The molecule has 0 aliphatic heterocycles. The summed E-state index contributed by atoms with van der Waals surface area (Å²) in [7, 11) is 0. The molecule has 3 aromatic carbocycles. The average Bonchev–Trinajstić information content (AvgIpc) is 3.46. The molecule has 1 aromatic heterocycles. The first-order chi connectivity index (χ1) is 22.2.